The third kappa shape index (κ3) is 4.49. The van der Waals surface area contributed by atoms with Crippen LogP contribution in [0.25, 0.3) is 0 Å². The molecular formula is C12H26N2O. The normalized spacial score (nSPS) is 28.6. The molecule has 0 aliphatic heterocycles. The van der Waals surface area contributed by atoms with Crippen molar-refractivity contribution in [3.63, 3.8) is 0 Å². The monoisotopic (exact) mass is 214 g/mol. The number of hydrogen-bond acceptors (Lipinski definition) is 3. The Labute approximate surface area is 93.9 Å². The number of nitrogens with one attached hydrogen (secondary N) is 1. The van der Waals surface area contributed by atoms with Crippen molar-refractivity contribution in [2.45, 2.75) is 57.2 Å². The molecule has 2 N–H and O–H groups in total. The van der Waals surface area contributed by atoms with Gasteiger partial charge in [0.05, 0.1) is 0 Å². The molecule has 0 heterocycles. The van der Waals surface area contributed by atoms with Crippen molar-refractivity contribution in [1.29, 1.82) is 0 Å². The SMILES string of the molecule is CC(CCCO)NC1CCC(N(C)C)C1. The van der Waals surface area contributed by atoms with Gasteiger partial charge in [-0.05, 0) is 53.1 Å². The van der Waals surface area contributed by atoms with Crippen LogP contribution < -0.4 is 5.32 Å². The highest BCUT2D eigenvalue weighted by Crippen LogP contribution is 2.23. The fraction of sp³-hybridized carbons (Fsp3) is 1.00. The lowest BCUT2D eigenvalue weighted by Crippen LogP contribution is -2.36. The molecule has 0 saturated heterocycles. The predicted molar refractivity (Wildman–Crippen MR) is 64.0 cm³/mol. The molecule has 1 rings (SSSR count). The maximum atomic E-state index is 8.76. The Bertz CT molecular complexity index is 173. The van der Waals surface area contributed by atoms with Crippen LogP contribution in [0.15, 0.2) is 0 Å². The van der Waals surface area contributed by atoms with Crippen molar-refractivity contribution in [1.82, 2.24) is 10.2 Å². The Morgan fingerprint density at radius 2 is 2.13 bits per heavy atom. The molecule has 0 radical (unpaired) electrons. The third-order valence-corrected chi connectivity index (χ3v) is 3.45. The first-order valence-electron chi connectivity index (χ1n) is 6.16. The van der Waals surface area contributed by atoms with Crippen molar-refractivity contribution in [3.8, 4) is 0 Å². The maximum Gasteiger partial charge on any atom is 0.0431 e. The first kappa shape index (κ1) is 12.9. The topological polar surface area (TPSA) is 35.5 Å². The zero-order valence-electron chi connectivity index (χ0n) is 10.4. The van der Waals surface area contributed by atoms with Gasteiger partial charge in [-0.15, -0.1) is 0 Å². The average molecular weight is 214 g/mol. The number of hydrogen-bond donors (Lipinski definition) is 2. The molecule has 1 fully saturated rings. The van der Waals surface area contributed by atoms with Gasteiger partial charge in [-0.25, -0.2) is 0 Å². The Morgan fingerprint density at radius 3 is 2.67 bits per heavy atom. The van der Waals surface area contributed by atoms with Gasteiger partial charge in [-0.3, -0.25) is 0 Å². The van der Waals surface area contributed by atoms with Crippen LogP contribution in [-0.2, 0) is 0 Å². The van der Waals surface area contributed by atoms with E-state index < -0.39 is 0 Å². The highest BCUT2D eigenvalue weighted by atomic mass is 16.2. The molecule has 3 heteroatoms. The largest absolute Gasteiger partial charge is 0.396 e. The van der Waals surface area contributed by atoms with Gasteiger partial charge < -0.3 is 15.3 Å². The Hall–Kier alpha value is -0.120. The van der Waals surface area contributed by atoms with E-state index in [0.717, 1.165) is 18.9 Å². The van der Waals surface area contributed by atoms with Crippen molar-refractivity contribution in [2.75, 3.05) is 20.7 Å². The first-order chi connectivity index (χ1) is 7.13. The average Bonchev–Trinajstić information content (AvgIpc) is 2.63. The van der Waals surface area contributed by atoms with E-state index >= 15 is 0 Å². The molecule has 0 spiro atoms. The number of aliphatic hydroxyl groups excluding tert-OH is 1. The zero-order valence-corrected chi connectivity index (χ0v) is 10.4. The lowest BCUT2D eigenvalue weighted by molar-refractivity contribution is 0.270. The minimum absolute atomic E-state index is 0.316. The highest BCUT2D eigenvalue weighted by Gasteiger charge is 2.26. The summed E-state index contributed by atoms with van der Waals surface area (Å²) in [7, 11) is 4.34. The first-order valence-corrected chi connectivity index (χ1v) is 6.16. The van der Waals surface area contributed by atoms with Crippen LogP contribution >= 0.6 is 0 Å². The van der Waals surface area contributed by atoms with E-state index in [1.807, 2.05) is 0 Å². The molecule has 15 heavy (non-hydrogen) atoms. The second kappa shape index (κ2) is 6.46. The molecule has 1 aliphatic rings. The van der Waals surface area contributed by atoms with Gasteiger partial charge >= 0.3 is 0 Å². The van der Waals surface area contributed by atoms with Crippen LogP contribution in [0.3, 0.4) is 0 Å². The van der Waals surface area contributed by atoms with E-state index in [2.05, 4.69) is 31.2 Å². The number of aliphatic hydroxyl groups is 1. The van der Waals surface area contributed by atoms with Crippen LogP contribution in [-0.4, -0.2) is 48.8 Å². The Balaban J connectivity index is 2.17. The standard InChI is InChI=1S/C12H26N2O/c1-10(5-4-8-15)13-11-6-7-12(9-11)14(2)3/h10-13,15H,4-9H2,1-3H3. The predicted octanol–water partition coefficient (Wildman–Crippen LogP) is 1.22. The lowest BCUT2D eigenvalue weighted by atomic mass is 10.1. The van der Waals surface area contributed by atoms with Gasteiger partial charge in [-0.2, -0.15) is 0 Å². The molecule has 3 nitrogen and oxygen atoms in total. The van der Waals surface area contributed by atoms with Crippen molar-refractivity contribution >= 4 is 0 Å². The smallest absolute Gasteiger partial charge is 0.0431 e. The molecule has 3 atom stereocenters. The van der Waals surface area contributed by atoms with E-state index in [9.17, 15) is 0 Å². The van der Waals surface area contributed by atoms with E-state index in [1.165, 1.54) is 19.3 Å². The van der Waals surface area contributed by atoms with E-state index in [0.29, 0.717) is 18.7 Å². The molecule has 1 saturated carbocycles. The van der Waals surface area contributed by atoms with Gasteiger partial charge in [0, 0.05) is 24.7 Å². The third-order valence-electron chi connectivity index (χ3n) is 3.45. The summed E-state index contributed by atoms with van der Waals surface area (Å²) in [5.74, 6) is 0. The number of rotatable bonds is 6. The fourth-order valence-electron chi connectivity index (χ4n) is 2.46. The molecule has 3 unspecified atom stereocenters. The summed E-state index contributed by atoms with van der Waals surface area (Å²) in [4.78, 5) is 2.33. The molecule has 0 aromatic heterocycles. The van der Waals surface area contributed by atoms with Crippen LogP contribution in [0, 0.1) is 0 Å². The minimum Gasteiger partial charge on any atom is -0.396 e. The summed E-state index contributed by atoms with van der Waals surface area (Å²) < 4.78 is 0. The zero-order chi connectivity index (χ0) is 11.3. The van der Waals surface area contributed by atoms with Crippen LogP contribution in [0.1, 0.15) is 39.0 Å². The summed E-state index contributed by atoms with van der Waals surface area (Å²) in [6.07, 6.45) is 5.89. The highest BCUT2D eigenvalue weighted by molar-refractivity contribution is 4.86. The summed E-state index contributed by atoms with van der Waals surface area (Å²) >= 11 is 0. The Kier molecular flexibility index (Phi) is 5.58. The van der Waals surface area contributed by atoms with Crippen molar-refractivity contribution in [2.24, 2.45) is 0 Å². The molecule has 1 aliphatic carbocycles. The van der Waals surface area contributed by atoms with Crippen LogP contribution in [0.4, 0.5) is 0 Å². The molecule has 0 bridgehead atoms. The van der Waals surface area contributed by atoms with Gasteiger partial charge in [-0.1, -0.05) is 0 Å². The van der Waals surface area contributed by atoms with Crippen molar-refractivity contribution < 1.29 is 5.11 Å². The Morgan fingerprint density at radius 1 is 1.40 bits per heavy atom. The summed E-state index contributed by atoms with van der Waals surface area (Å²) in [5, 5.41) is 12.4. The lowest BCUT2D eigenvalue weighted by Gasteiger charge is -2.21. The molecule has 0 aromatic rings. The van der Waals surface area contributed by atoms with Gasteiger partial charge in [0.25, 0.3) is 0 Å². The summed E-state index contributed by atoms with van der Waals surface area (Å²) in [5.41, 5.74) is 0. The molecular weight excluding hydrogens is 188 g/mol. The maximum absolute atomic E-state index is 8.76. The summed E-state index contributed by atoms with van der Waals surface area (Å²) in [6, 6.07) is 1.99. The van der Waals surface area contributed by atoms with Gasteiger partial charge in [0.2, 0.25) is 0 Å². The summed E-state index contributed by atoms with van der Waals surface area (Å²) in [6.45, 7) is 2.54. The van der Waals surface area contributed by atoms with E-state index in [4.69, 9.17) is 5.11 Å². The van der Waals surface area contributed by atoms with Crippen LogP contribution in [0.2, 0.25) is 0 Å². The van der Waals surface area contributed by atoms with Gasteiger partial charge in [0.1, 0.15) is 0 Å². The van der Waals surface area contributed by atoms with Crippen LogP contribution in [0.5, 0.6) is 0 Å². The fourth-order valence-corrected chi connectivity index (χ4v) is 2.46. The molecule has 90 valence electrons. The minimum atomic E-state index is 0.316. The van der Waals surface area contributed by atoms with E-state index in [1.54, 1.807) is 0 Å². The molecule has 0 amide bonds. The number of nitrogens with zero attached hydrogens (tertiary/aromatic N) is 1. The molecule has 0 aromatic carbocycles. The second-order valence-corrected chi connectivity index (χ2v) is 5.06. The van der Waals surface area contributed by atoms with E-state index in [-0.39, 0.29) is 0 Å². The van der Waals surface area contributed by atoms with Gasteiger partial charge in [0.15, 0.2) is 0 Å². The quantitative estimate of drug-likeness (QED) is 0.698. The second-order valence-electron chi connectivity index (χ2n) is 5.06. The van der Waals surface area contributed by atoms with Crippen molar-refractivity contribution in [3.05, 3.63) is 0 Å².